The summed E-state index contributed by atoms with van der Waals surface area (Å²) in [6.07, 6.45) is 2.88. The van der Waals surface area contributed by atoms with Gasteiger partial charge in [-0.1, -0.05) is 13.8 Å². The predicted octanol–water partition coefficient (Wildman–Crippen LogP) is 3.62. The van der Waals surface area contributed by atoms with Gasteiger partial charge in [0.25, 0.3) is 5.91 Å². The molecule has 0 atom stereocenters. The number of hydrogen-bond donors (Lipinski definition) is 0. The molecule has 0 aromatic heterocycles. The highest BCUT2D eigenvalue weighted by molar-refractivity contribution is 5.94. The summed E-state index contributed by atoms with van der Waals surface area (Å²) in [5.41, 5.74) is 0.105. The highest BCUT2D eigenvalue weighted by Crippen LogP contribution is 2.29. The van der Waals surface area contributed by atoms with Crippen molar-refractivity contribution in [3.8, 4) is 0 Å². The van der Waals surface area contributed by atoms with E-state index < -0.39 is 11.6 Å². The topological polar surface area (TPSA) is 20.3 Å². The average molecular weight is 267 g/mol. The monoisotopic (exact) mass is 267 g/mol. The van der Waals surface area contributed by atoms with Gasteiger partial charge in [-0.3, -0.25) is 4.79 Å². The van der Waals surface area contributed by atoms with Crippen molar-refractivity contribution in [1.82, 2.24) is 4.90 Å². The van der Waals surface area contributed by atoms with Crippen molar-refractivity contribution < 1.29 is 13.6 Å². The van der Waals surface area contributed by atoms with E-state index in [0.29, 0.717) is 12.5 Å². The van der Waals surface area contributed by atoms with Gasteiger partial charge in [-0.05, 0) is 37.3 Å². The molecule has 0 aliphatic heterocycles. The molecule has 1 aliphatic rings. The lowest BCUT2D eigenvalue weighted by Crippen LogP contribution is -2.34. The van der Waals surface area contributed by atoms with E-state index in [0.717, 1.165) is 37.5 Å². The standard InChI is InChI=1S/C15H19F2NO/c1-10(2)5-6-18(14-3-4-14)15(19)11-7-12(16)9-13(17)8-11/h7-10,14H,3-6H2,1-2H3. The zero-order chi connectivity index (χ0) is 14.0. The third-order valence-corrected chi connectivity index (χ3v) is 3.31. The van der Waals surface area contributed by atoms with Gasteiger partial charge in [0, 0.05) is 24.2 Å². The maximum Gasteiger partial charge on any atom is 0.254 e. The highest BCUT2D eigenvalue weighted by atomic mass is 19.1. The van der Waals surface area contributed by atoms with Crippen LogP contribution in [0.4, 0.5) is 8.78 Å². The van der Waals surface area contributed by atoms with Crippen LogP contribution in [0.1, 0.15) is 43.5 Å². The normalized spacial score (nSPS) is 14.8. The first-order chi connectivity index (χ1) is 8.97. The molecule has 0 bridgehead atoms. The molecule has 0 radical (unpaired) electrons. The van der Waals surface area contributed by atoms with Crippen LogP contribution >= 0.6 is 0 Å². The van der Waals surface area contributed by atoms with Gasteiger partial charge in [-0.15, -0.1) is 0 Å². The van der Waals surface area contributed by atoms with Crippen LogP contribution in [0.2, 0.25) is 0 Å². The molecule has 2 nitrogen and oxygen atoms in total. The van der Waals surface area contributed by atoms with Gasteiger partial charge < -0.3 is 4.90 Å². The van der Waals surface area contributed by atoms with E-state index in [1.165, 1.54) is 0 Å². The van der Waals surface area contributed by atoms with E-state index in [9.17, 15) is 13.6 Å². The number of nitrogens with zero attached hydrogens (tertiary/aromatic N) is 1. The molecule has 2 rings (SSSR count). The average Bonchev–Trinajstić information content (AvgIpc) is 3.11. The number of benzene rings is 1. The lowest BCUT2D eigenvalue weighted by Gasteiger charge is -2.23. The minimum absolute atomic E-state index is 0.105. The molecule has 0 unspecified atom stereocenters. The molecule has 0 heterocycles. The Morgan fingerprint density at radius 2 is 1.84 bits per heavy atom. The van der Waals surface area contributed by atoms with Gasteiger partial charge in [0.1, 0.15) is 11.6 Å². The molecule has 1 aromatic carbocycles. The van der Waals surface area contributed by atoms with Crippen LogP contribution in [-0.4, -0.2) is 23.4 Å². The fourth-order valence-electron chi connectivity index (χ4n) is 2.08. The van der Waals surface area contributed by atoms with Crippen LogP contribution in [0.15, 0.2) is 18.2 Å². The SMILES string of the molecule is CC(C)CCN(C(=O)c1cc(F)cc(F)c1)C1CC1. The van der Waals surface area contributed by atoms with Crippen LogP contribution in [0.25, 0.3) is 0 Å². The summed E-state index contributed by atoms with van der Waals surface area (Å²) < 4.78 is 26.3. The molecular formula is C15H19F2NO. The molecule has 0 spiro atoms. The van der Waals surface area contributed by atoms with Crippen LogP contribution in [0, 0.1) is 17.6 Å². The number of halogens is 2. The lowest BCUT2D eigenvalue weighted by molar-refractivity contribution is 0.0734. The summed E-state index contributed by atoms with van der Waals surface area (Å²) in [6.45, 7) is 4.84. The van der Waals surface area contributed by atoms with E-state index in [4.69, 9.17) is 0 Å². The van der Waals surface area contributed by atoms with Crippen molar-refractivity contribution >= 4 is 5.91 Å². The maximum atomic E-state index is 13.2. The summed E-state index contributed by atoms with van der Waals surface area (Å²) in [5, 5.41) is 0. The maximum absolute atomic E-state index is 13.2. The van der Waals surface area contributed by atoms with Crippen molar-refractivity contribution in [1.29, 1.82) is 0 Å². The zero-order valence-corrected chi connectivity index (χ0v) is 11.3. The number of rotatable bonds is 5. The van der Waals surface area contributed by atoms with Crippen molar-refractivity contribution in [2.24, 2.45) is 5.92 Å². The van der Waals surface area contributed by atoms with Crippen LogP contribution in [0.5, 0.6) is 0 Å². The fraction of sp³-hybridized carbons (Fsp3) is 0.533. The third kappa shape index (κ3) is 3.75. The zero-order valence-electron chi connectivity index (χ0n) is 11.3. The van der Waals surface area contributed by atoms with Crippen molar-refractivity contribution in [2.75, 3.05) is 6.54 Å². The Kier molecular flexibility index (Phi) is 4.17. The van der Waals surface area contributed by atoms with Crippen LogP contribution in [-0.2, 0) is 0 Å². The Labute approximate surface area is 112 Å². The molecule has 104 valence electrons. The first kappa shape index (κ1) is 14.0. The van der Waals surface area contributed by atoms with Gasteiger partial charge in [-0.2, -0.15) is 0 Å². The molecule has 1 aliphatic carbocycles. The molecule has 1 saturated carbocycles. The molecule has 19 heavy (non-hydrogen) atoms. The predicted molar refractivity (Wildman–Crippen MR) is 69.9 cm³/mol. The summed E-state index contributed by atoms with van der Waals surface area (Å²) >= 11 is 0. The quantitative estimate of drug-likeness (QED) is 0.798. The van der Waals surface area contributed by atoms with Crippen molar-refractivity contribution in [2.45, 2.75) is 39.2 Å². The van der Waals surface area contributed by atoms with Gasteiger partial charge in [0.15, 0.2) is 0 Å². The largest absolute Gasteiger partial charge is 0.336 e. The first-order valence-electron chi connectivity index (χ1n) is 6.74. The second kappa shape index (κ2) is 5.68. The highest BCUT2D eigenvalue weighted by Gasteiger charge is 2.33. The van der Waals surface area contributed by atoms with Crippen LogP contribution in [0.3, 0.4) is 0 Å². The third-order valence-electron chi connectivity index (χ3n) is 3.31. The fourth-order valence-corrected chi connectivity index (χ4v) is 2.08. The molecular weight excluding hydrogens is 248 g/mol. The van der Waals surface area contributed by atoms with E-state index in [2.05, 4.69) is 13.8 Å². The lowest BCUT2D eigenvalue weighted by atomic mass is 10.1. The molecule has 1 amide bonds. The van der Waals surface area contributed by atoms with Gasteiger partial charge in [0.05, 0.1) is 0 Å². The first-order valence-corrected chi connectivity index (χ1v) is 6.74. The summed E-state index contributed by atoms with van der Waals surface area (Å²) in [4.78, 5) is 14.1. The Hall–Kier alpha value is -1.45. The van der Waals surface area contributed by atoms with Crippen LogP contribution < -0.4 is 0 Å². The van der Waals surface area contributed by atoms with Gasteiger partial charge in [0.2, 0.25) is 0 Å². The summed E-state index contributed by atoms with van der Waals surface area (Å²) in [5.74, 6) is -1.18. The van der Waals surface area contributed by atoms with Gasteiger partial charge in [-0.25, -0.2) is 8.78 Å². The molecule has 0 saturated heterocycles. The number of amides is 1. The number of hydrogen-bond acceptors (Lipinski definition) is 1. The number of carbonyl (C=O) groups is 1. The second-order valence-electron chi connectivity index (χ2n) is 5.57. The van der Waals surface area contributed by atoms with Crippen molar-refractivity contribution in [3.05, 3.63) is 35.4 Å². The Bertz CT molecular complexity index is 449. The van der Waals surface area contributed by atoms with E-state index in [1.807, 2.05) is 0 Å². The van der Waals surface area contributed by atoms with Gasteiger partial charge >= 0.3 is 0 Å². The minimum atomic E-state index is -0.706. The Balaban J connectivity index is 2.14. The second-order valence-corrected chi connectivity index (χ2v) is 5.57. The Morgan fingerprint density at radius 3 is 2.32 bits per heavy atom. The Morgan fingerprint density at radius 1 is 1.26 bits per heavy atom. The minimum Gasteiger partial charge on any atom is -0.336 e. The molecule has 4 heteroatoms. The molecule has 1 fully saturated rings. The summed E-state index contributed by atoms with van der Waals surface area (Å²) in [6, 6.07) is 3.25. The van der Waals surface area contributed by atoms with E-state index in [1.54, 1.807) is 4.90 Å². The van der Waals surface area contributed by atoms with Crippen molar-refractivity contribution in [3.63, 3.8) is 0 Å². The van der Waals surface area contributed by atoms with E-state index in [-0.39, 0.29) is 17.5 Å². The molecule has 0 N–H and O–H groups in total. The summed E-state index contributed by atoms with van der Waals surface area (Å²) in [7, 11) is 0. The number of carbonyl (C=O) groups excluding carboxylic acids is 1. The smallest absolute Gasteiger partial charge is 0.254 e. The molecule has 1 aromatic rings. The van der Waals surface area contributed by atoms with E-state index >= 15 is 0 Å².